The molecular weight excluding hydrogens is 337 g/mol. The van der Waals surface area contributed by atoms with Crippen molar-refractivity contribution in [3.63, 3.8) is 0 Å². The topological polar surface area (TPSA) is 60.6 Å². The van der Waals surface area contributed by atoms with Crippen molar-refractivity contribution in [1.82, 2.24) is 4.98 Å². The van der Waals surface area contributed by atoms with E-state index in [1.54, 1.807) is 6.07 Å². The Labute approximate surface area is 149 Å². The van der Waals surface area contributed by atoms with Crippen LogP contribution in [0.15, 0.2) is 42.5 Å². The lowest BCUT2D eigenvalue weighted by Crippen LogP contribution is -2.05. The predicted molar refractivity (Wildman–Crippen MR) is 93.8 cm³/mol. The second kappa shape index (κ2) is 6.22. The predicted octanol–water partition coefficient (Wildman–Crippen LogP) is 4.18. The average molecular weight is 353 g/mol. The summed E-state index contributed by atoms with van der Waals surface area (Å²) in [6, 6.07) is 11.9. The van der Waals surface area contributed by atoms with Crippen LogP contribution in [0.2, 0.25) is 0 Å². The number of aromatic nitrogens is 1. The summed E-state index contributed by atoms with van der Waals surface area (Å²) in [5.74, 6) is 0.0984. The van der Waals surface area contributed by atoms with E-state index < -0.39 is 11.8 Å². The summed E-state index contributed by atoms with van der Waals surface area (Å²) in [4.78, 5) is 15.5. The fourth-order valence-electron chi connectivity index (χ4n) is 3.26. The van der Waals surface area contributed by atoms with Gasteiger partial charge in [-0.05, 0) is 29.8 Å². The Bertz CT molecular complexity index is 1010. The number of carbonyl (C=O) groups is 1. The van der Waals surface area contributed by atoms with Crippen molar-refractivity contribution >= 4 is 5.97 Å². The molecule has 0 saturated heterocycles. The van der Waals surface area contributed by atoms with Gasteiger partial charge in [0.1, 0.15) is 29.6 Å². The Balaban J connectivity index is 2.00. The third-order valence-electron chi connectivity index (χ3n) is 4.42. The van der Waals surface area contributed by atoms with Gasteiger partial charge in [0.2, 0.25) is 0 Å². The Morgan fingerprint density at radius 3 is 2.77 bits per heavy atom. The zero-order valence-corrected chi connectivity index (χ0v) is 14.3. The summed E-state index contributed by atoms with van der Waals surface area (Å²) in [5.41, 5.74) is 3.71. The highest BCUT2D eigenvalue weighted by Crippen LogP contribution is 2.43. The molecule has 0 saturated carbocycles. The lowest BCUT2D eigenvalue weighted by atomic mass is 9.96. The van der Waals surface area contributed by atoms with Crippen molar-refractivity contribution < 1.29 is 23.4 Å². The van der Waals surface area contributed by atoms with Crippen molar-refractivity contribution in [2.24, 2.45) is 0 Å². The van der Waals surface area contributed by atoms with Crippen molar-refractivity contribution in [2.45, 2.75) is 6.61 Å². The maximum atomic E-state index is 14.1. The fourth-order valence-corrected chi connectivity index (χ4v) is 3.26. The zero-order valence-electron chi connectivity index (χ0n) is 14.3. The third kappa shape index (κ3) is 2.50. The Kier molecular flexibility index (Phi) is 3.88. The van der Waals surface area contributed by atoms with Crippen LogP contribution in [0.5, 0.6) is 11.5 Å². The van der Waals surface area contributed by atoms with Gasteiger partial charge >= 0.3 is 5.97 Å². The second-order valence-corrected chi connectivity index (χ2v) is 5.88. The van der Waals surface area contributed by atoms with Crippen LogP contribution in [0.1, 0.15) is 16.1 Å². The van der Waals surface area contributed by atoms with Crippen LogP contribution in [0.25, 0.3) is 22.4 Å². The molecule has 1 aliphatic heterocycles. The SMILES string of the molecule is COC(=O)c1[nH]c2c(c1-c1cc(F)cc(OC)c1)COc1ccccc1-2. The first-order valence-electron chi connectivity index (χ1n) is 8.02. The lowest BCUT2D eigenvalue weighted by Gasteiger charge is -2.18. The minimum absolute atomic E-state index is 0.255. The normalized spacial score (nSPS) is 12.0. The zero-order chi connectivity index (χ0) is 18.3. The Hall–Kier alpha value is -3.28. The van der Waals surface area contributed by atoms with Gasteiger partial charge in [0.05, 0.1) is 19.9 Å². The van der Waals surface area contributed by atoms with Crippen LogP contribution in [0.3, 0.4) is 0 Å². The molecule has 1 aromatic heterocycles. The summed E-state index contributed by atoms with van der Waals surface area (Å²) >= 11 is 0. The van der Waals surface area contributed by atoms with Crippen LogP contribution in [0.4, 0.5) is 4.39 Å². The standard InChI is InChI=1S/C20H16FNO4/c1-24-13-8-11(7-12(21)9-13)17-15-10-26-16-6-4-3-5-14(16)18(15)22-19(17)20(23)25-2/h3-9,22H,10H2,1-2H3. The second-order valence-electron chi connectivity index (χ2n) is 5.88. The molecule has 3 aromatic rings. The van der Waals surface area contributed by atoms with Gasteiger partial charge in [0.25, 0.3) is 0 Å². The molecule has 2 heterocycles. The molecule has 1 aliphatic rings. The van der Waals surface area contributed by atoms with E-state index in [0.717, 1.165) is 22.6 Å². The first-order chi connectivity index (χ1) is 12.6. The van der Waals surface area contributed by atoms with E-state index >= 15 is 0 Å². The molecule has 2 aromatic carbocycles. The van der Waals surface area contributed by atoms with Gasteiger partial charge in [-0.25, -0.2) is 9.18 Å². The summed E-state index contributed by atoms with van der Waals surface area (Å²) in [7, 11) is 2.77. The molecule has 0 bridgehead atoms. The van der Waals surface area contributed by atoms with E-state index in [2.05, 4.69) is 4.98 Å². The van der Waals surface area contributed by atoms with Gasteiger partial charge in [0.15, 0.2) is 0 Å². The number of aromatic amines is 1. The molecular formula is C20H16FNO4. The molecule has 0 fully saturated rings. The molecule has 4 rings (SSSR count). The van der Waals surface area contributed by atoms with E-state index in [1.807, 2.05) is 24.3 Å². The lowest BCUT2D eigenvalue weighted by molar-refractivity contribution is 0.0596. The first-order valence-corrected chi connectivity index (χ1v) is 8.02. The molecule has 1 N–H and O–H groups in total. The maximum absolute atomic E-state index is 14.1. The van der Waals surface area contributed by atoms with E-state index in [4.69, 9.17) is 14.2 Å². The minimum atomic E-state index is -0.532. The number of rotatable bonds is 3. The molecule has 0 atom stereocenters. The molecule has 0 aliphatic carbocycles. The number of hydrogen-bond donors (Lipinski definition) is 1. The third-order valence-corrected chi connectivity index (χ3v) is 4.42. The first kappa shape index (κ1) is 16.2. The molecule has 0 unspecified atom stereocenters. The summed E-state index contributed by atoms with van der Waals surface area (Å²) in [6.07, 6.45) is 0. The molecule has 0 spiro atoms. The van der Waals surface area contributed by atoms with Gasteiger partial charge < -0.3 is 19.2 Å². The molecule has 0 radical (unpaired) electrons. The van der Waals surface area contributed by atoms with E-state index in [0.29, 0.717) is 16.9 Å². The van der Waals surface area contributed by atoms with Crippen LogP contribution in [-0.4, -0.2) is 25.2 Å². The number of hydrogen-bond acceptors (Lipinski definition) is 4. The van der Waals surface area contributed by atoms with Crippen molar-refractivity contribution in [3.8, 4) is 33.9 Å². The summed E-state index contributed by atoms with van der Waals surface area (Å²) in [6.45, 7) is 0.258. The van der Waals surface area contributed by atoms with Gasteiger partial charge in [-0.3, -0.25) is 0 Å². The summed E-state index contributed by atoms with van der Waals surface area (Å²) < 4.78 is 30.0. The minimum Gasteiger partial charge on any atom is -0.497 e. The number of benzene rings is 2. The van der Waals surface area contributed by atoms with E-state index in [9.17, 15) is 9.18 Å². The van der Waals surface area contributed by atoms with E-state index in [-0.39, 0.29) is 12.3 Å². The van der Waals surface area contributed by atoms with Crippen LogP contribution in [-0.2, 0) is 11.3 Å². The van der Waals surface area contributed by atoms with Gasteiger partial charge in [-0.2, -0.15) is 0 Å². The molecule has 5 nitrogen and oxygen atoms in total. The number of esters is 1. The van der Waals surface area contributed by atoms with Gasteiger partial charge in [-0.15, -0.1) is 0 Å². The van der Waals surface area contributed by atoms with Gasteiger partial charge in [0, 0.05) is 22.8 Å². The maximum Gasteiger partial charge on any atom is 0.355 e. The number of nitrogens with one attached hydrogen (secondary N) is 1. The Morgan fingerprint density at radius 2 is 2.00 bits per heavy atom. The highest BCUT2D eigenvalue weighted by molar-refractivity contribution is 6.00. The number of para-hydroxylation sites is 1. The monoisotopic (exact) mass is 353 g/mol. The van der Waals surface area contributed by atoms with E-state index in [1.165, 1.54) is 26.4 Å². The highest BCUT2D eigenvalue weighted by atomic mass is 19.1. The van der Waals surface area contributed by atoms with Crippen molar-refractivity contribution in [3.05, 3.63) is 59.5 Å². The smallest absolute Gasteiger partial charge is 0.355 e. The average Bonchev–Trinajstić information content (AvgIpc) is 3.06. The number of ether oxygens (including phenoxy) is 3. The summed E-state index contributed by atoms with van der Waals surface area (Å²) in [5, 5.41) is 0. The fraction of sp³-hybridized carbons (Fsp3) is 0.150. The van der Waals surface area contributed by atoms with Crippen LogP contribution < -0.4 is 9.47 Å². The number of carbonyl (C=O) groups excluding carboxylic acids is 1. The molecule has 132 valence electrons. The number of fused-ring (bicyclic) bond motifs is 3. The number of H-pyrrole nitrogens is 1. The van der Waals surface area contributed by atoms with Crippen LogP contribution >= 0.6 is 0 Å². The molecule has 6 heteroatoms. The largest absolute Gasteiger partial charge is 0.497 e. The Morgan fingerprint density at radius 1 is 1.19 bits per heavy atom. The highest BCUT2D eigenvalue weighted by Gasteiger charge is 2.29. The van der Waals surface area contributed by atoms with Gasteiger partial charge in [-0.1, -0.05) is 12.1 Å². The molecule has 0 amide bonds. The molecule has 26 heavy (non-hydrogen) atoms. The van der Waals surface area contributed by atoms with Crippen molar-refractivity contribution in [2.75, 3.05) is 14.2 Å². The number of halogens is 1. The van der Waals surface area contributed by atoms with Crippen LogP contribution in [0, 0.1) is 5.82 Å². The van der Waals surface area contributed by atoms with Crippen molar-refractivity contribution in [1.29, 1.82) is 0 Å². The quantitative estimate of drug-likeness (QED) is 0.718. The number of methoxy groups -OCH3 is 2.